The highest BCUT2D eigenvalue weighted by Crippen LogP contribution is 2.32. The number of carbonyl (C=O) groups excluding carboxylic acids is 1. The van der Waals surface area contributed by atoms with Gasteiger partial charge in [-0.2, -0.15) is 18.3 Å². The number of rotatable bonds is 5. The van der Waals surface area contributed by atoms with Gasteiger partial charge in [-0.1, -0.05) is 12.1 Å². The van der Waals surface area contributed by atoms with Gasteiger partial charge >= 0.3 is 6.18 Å². The highest BCUT2D eigenvalue weighted by atomic mass is 19.4. The fourth-order valence-corrected chi connectivity index (χ4v) is 3.32. The van der Waals surface area contributed by atoms with Crippen molar-refractivity contribution in [2.24, 2.45) is 7.05 Å². The lowest BCUT2D eigenvalue weighted by Gasteiger charge is -2.38. The van der Waals surface area contributed by atoms with Gasteiger partial charge in [-0.3, -0.25) is 9.48 Å². The summed E-state index contributed by atoms with van der Waals surface area (Å²) in [6.45, 7) is 0.484. The summed E-state index contributed by atoms with van der Waals surface area (Å²) in [4.78, 5) is 18.2. The average molecular weight is 432 g/mol. The van der Waals surface area contributed by atoms with E-state index in [0.29, 0.717) is 17.1 Å². The minimum Gasteiger partial charge on any atom is -0.496 e. The number of hydrogen-bond donors (Lipinski definition) is 0. The van der Waals surface area contributed by atoms with Crippen LogP contribution in [0.25, 0.3) is 11.3 Å². The number of pyridine rings is 1. The molecule has 4 rings (SSSR count). The Balaban J connectivity index is 1.42. The molecule has 31 heavy (non-hydrogen) atoms. The van der Waals surface area contributed by atoms with Crippen LogP contribution in [-0.4, -0.2) is 51.9 Å². The lowest BCUT2D eigenvalue weighted by atomic mass is 10.1. The number of para-hydroxylation sites is 1. The number of ether oxygens (including phenoxy) is 2. The summed E-state index contributed by atoms with van der Waals surface area (Å²) in [5.41, 5.74) is 0.921. The van der Waals surface area contributed by atoms with Crippen LogP contribution in [0.15, 0.2) is 48.7 Å². The number of hydrogen-bond acceptors (Lipinski definition) is 5. The van der Waals surface area contributed by atoms with Crippen molar-refractivity contribution in [3.05, 3.63) is 59.9 Å². The maximum absolute atomic E-state index is 12.8. The quantitative estimate of drug-likeness (QED) is 0.618. The van der Waals surface area contributed by atoms with E-state index in [1.807, 2.05) is 24.3 Å². The van der Waals surface area contributed by atoms with Gasteiger partial charge in [0.05, 0.1) is 31.5 Å². The molecule has 0 spiro atoms. The SMILES string of the molecule is COc1ccccc1-c1cc(C(=O)N2CC(Oc3cc(C(F)(F)F)ccn3)C2)n(C)n1. The largest absolute Gasteiger partial charge is 0.496 e. The predicted octanol–water partition coefficient (Wildman–Crippen LogP) is 3.41. The Bertz CT molecular complexity index is 1110. The van der Waals surface area contributed by atoms with Crippen molar-refractivity contribution in [1.82, 2.24) is 19.7 Å². The summed E-state index contributed by atoms with van der Waals surface area (Å²) in [5.74, 6) is 0.282. The fraction of sp³-hybridized carbons (Fsp3) is 0.286. The lowest BCUT2D eigenvalue weighted by molar-refractivity contribution is -0.137. The molecule has 0 saturated carbocycles. The van der Waals surface area contributed by atoms with Gasteiger partial charge in [-0.05, 0) is 24.3 Å². The van der Waals surface area contributed by atoms with Crippen LogP contribution in [0.2, 0.25) is 0 Å². The van der Waals surface area contributed by atoms with Gasteiger partial charge in [0.2, 0.25) is 5.88 Å². The van der Waals surface area contributed by atoms with Gasteiger partial charge in [0.25, 0.3) is 5.91 Å². The molecule has 1 aliphatic heterocycles. The number of carbonyl (C=O) groups is 1. The monoisotopic (exact) mass is 432 g/mol. The van der Waals surface area contributed by atoms with Crippen LogP contribution in [-0.2, 0) is 13.2 Å². The molecule has 1 saturated heterocycles. The topological polar surface area (TPSA) is 69.5 Å². The molecule has 1 amide bonds. The fourth-order valence-electron chi connectivity index (χ4n) is 3.32. The normalized spacial score (nSPS) is 14.3. The van der Waals surface area contributed by atoms with Crippen molar-refractivity contribution in [2.75, 3.05) is 20.2 Å². The molecule has 0 bridgehead atoms. The number of halogens is 3. The molecule has 0 aliphatic carbocycles. The molecule has 7 nitrogen and oxygen atoms in total. The summed E-state index contributed by atoms with van der Waals surface area (Å²) in [6.07, 6.45) is -3.85. The van der Waals surface area contributed by atoms with Crippen LogP contribution in [0.5, 0.6) is 11.6 Å². The second kappa shape index (κ2) is 7.93. The van der Waals surface area contributed by atoms with Gasteiger partial charge in [0.15, 0.2) is 0 Å². The zero-order chi connectivity index (χ0) is 22.2. The number of aromatic nitrogens is 3. The molecule has 2 aromatic heterocycles. The Labute approximate surface area is 176 Å². The minimum absolute atomic E-state index is 0.120. The molecular formula is C21H19F3N4O3. The summed E-state index contributed by atoms with van der Waals surface area (Å²) in [5, 5.41) is 4.41. The number of alkyl halides is 3. The van der Waals surface area contributed by atoms with E-state index in [2.05, 4.69) is 10.1 Å². The van der Waals surface area contributed by atoms with E-state index in [4.69, 9.17) is 9.47 Å². The van der Waals surface area contributed by atoms with Crippen LogP contribution >= 0.6 is 0 Å². The molecule has 3 heterocycles. The van der Waals surface area contributed by atoms with E-state index >= 15 is 0 Å². The molecule has 0 radical (unpaired) electrons. The molecule has 1 aliphatic rings. The van der Waals surface area contributed by atoms with E-state index in [1.54, 1.807) is 25.1 Å². The number of likely N-dealkylation sites (tertiary alicyclic amines) is 1. The van der Waals surface area contributed by atoms with Crippen molar-refractivity contribution >= 4 is 5.91 Å². The maximum atomic E-state index is 12.8. The Morgan fingerprint density at radius 3 is 2.61 bits per heavy atom. The number of nitrogens with zero attached hydrogens (tertiary/aromatic N) is 4. The molecule has 0 atom stereocenters. The summed E-state index contributed by atoms with van der Waals surface area (Å²) >= 11 is 0. The maximum Gasteiger partial charge on any atom is 0.416 e. The molecule has 1 fully saturated rings. The predicted molar refractivity (Wildman–Crippen MR) is 105 cm³/mol. The van der Waals surface area contributed by atoms with E-state index < -0.39 is 17.8 Å². The first kappa shape index (κ1) is 20.7. The third-order valence-corrected chi connectivity index (χ3v) is 4.97. The summed E-state index contributed by atoms with van der Waals surface area (Å²) < 4.78 is 50.8. The molecular weight excluding hydrogens is 413 g/mol. The van der Waals surface area contributed by atoms with Crippen LogP contribution < -0.4 is 9.47 Å². The van der Waals surface area contributed by atoms with Gasteiger partial charge in [0.1, 0.15) is 17.5 Å². The average Bonchev–Trinajstić information content (AvgIpc) is 3.11. The zero-order valence-electron chi connectivity index (χ0n) is 16.8. The minimum atomic E-state index is -4.47. The first-order valence-corrected chi connectivity index (χ1v) is 9.43. The van der Waals surface area contributed by atoms with Crippen LogP contribution in [0.1, 0.15) is 16.1 Å². The van der Waals surface area contributed by atoms with Gasteiger partial charge in [0, 0.05) is 24.9 Å². The second-order valence-corrected chi connectivity index (χ2v) is 7.07. The number of benzene rings is 1. The molecule has 10 heteroatoms. The van der Waals surface area contributed by atoms with E-state index in [1.165, 1.54) is 4.68 Å². The van der Waals surface area contributed by atoms with E-state index in [0.717, 1.165) is 23.9 Å². The Morgan fingerprint density at radius 1 is 1.16 bits per heavy atom. The third kappa shape index (κ3) is 4.18. The Hall–Kier alpha value is -3.56. The standard InChI is InChI=1S/C21H19F3N4O3/c1-27-17(10-16(26-27)15-5-3-4-6-18(15)30-2)20(29)28-11-14(12-28)31-19-9-13(7-8-25-19)21(22,23)24/h3-10,14H,11-12H2,1-2H3. The van der Waals surface area contributed by atoms with Gasteiger partial charge in [-0.25, -0.2) is 4.98 Å². The molecule has 1 aromatic carbocycles. The van der Waals surface area contributed by atoms with Crippen molar-refractivity contribution < 1.29 is 27.4 Å². The molecule has 3 aromatic rings. The number of aryl methyl sites for hydroxylation is 1. The summed E-state index contributed by atoms with van der Waals surface area (Å²) in [6, 6.07) is 10.8. The summed E-state index contributed by atoms with van der Waals surface area (Å²) in [7, 11) is 3.24. The first-order valence-electron chi connectivity index (χ1n) is 9.43. The second-order valence-electron chi connectivity index (χ2n) is 7.07. The van der Waals surface area contributed by atoms with Crippen molar-refractivity contribution in [3.8, 4) is 22.9 Å². The van der Waals surface area contributed by atoms with E-state index in [-0.39, 0.29) is 24.9 Å². The third-order valence-electron chi connectivity index (χ3n) is 4.97. The van der Waals surface area contributed by atoms with E-state index in [9.17, 15) is 18.0 Å². The van der Waals surface area contributed by atoms with Crippen molar-refractivity contribution in [3.63, 3.8) is 0 Å². The first-order chi connectivity index (χ1) is 14.8. The Kier molecular flexibility index (Phi) is 5.30. The lowest BCUT2D eigenvalue weighted by Crippen LogP contribution is -2.56. The molecule has 162 valence electrons. The number of amides is 1. The van der Waals surface area contributed by atoms with Crippen molar-refractivity contribution in [2.45, 2.75) is 12.3 Å². The smallest absolute Gasteiger partial charge is 0.416 e. The van der Waals surface area contributed by atoms with Crippen LogP contribution in [0.4, 0.5) is 13.2 Å². The van der Waals surface area contributed by atoms with Crippen LogP contribution in [0.3, 0.4) is 0 Å². The van der Waals surface area contributed by atoms with Crippen LogP contribution in [0, 0.1) is 0 Å². The highest BCUT2D eigenvalue weighted by molar-refractivity contribution is 5.94. The number of methoxy groups -OCH3 is 1. The molecule has 0 unspecified atom stereocenters. The molecule has 0 N–H and O–H groups in total. The van der Waals surface area contributed by atoms with Crippen molar-refractivity contribution in [1.29, 1.82) is 0 Å². The Morgan fingerprint density at radius 2 is 1.90 bits per heavy atom. The van der Waals surface area contributed by atoms with Gasteiger partial charge < -0.3 is 14.4 Å². The van der Waals surface area contributed by atoms with Gasteiger partial charge in [-0.15, -0.1) is 0 Å². The zero-order valence-corrected chi connectivity index (χ0v) is 16.8. The highest BCUT2D eigenvalue weighted by Gasteiger charge is 2.36.